The molecule has 2 aliphatic heterocycles. The molecule has 2 heterocycles. The third-order valence-corrected chi connectivity index (χ3v) is 17.7. The number of halogens is 6. The molecule has 0 bridgehead atoms. The molecule has 1 aromatic rings. The number of hydrogen-bond donors (Lipinski definition) is 2. The molecule has 5 atom stereocenters. The van der Waals surface area contributed by atoms with Gasteiger partial charge in [-0.2, -0.15) is 0 Å². The molecule has 0 spiro atoms. The molecule has 0 saturated carbocycles. The number of carbonyl (C=O) groups excluding carboxylic acids is 6. The Kier molecular flexibility index (Phi) is 18.9. The van der Waals surface area contributed by atoms with Crippen LogP contribution in [0.4, 0.5) is 10.5 Å². The Balaban J connectivity index is 1.72. The van der Waals surface area contributed by atoms with Gasteiger partial charge in [0.25, 0.3) is 11.8 Å². The number of carbonyl (C=O) groups is 7. The topological polar surface area (TPSA) is 220 Å². The SMILES string of the molecule is CC(=O)NC1=C(I)C(C(=O)O)(C(C)OC(=O)OCCN(C(C)=O)c2c(I)c(C(=O)N(C)C3COC(C)(C)O3)c(I)c(C(=O)N(C)C3COC(C)(C)O3)c2I)C(I)C(N(C)C(C)=O)=C1I. The fourth-order valence-electron chi connectivity index (χ4n) is 6.92. The molecule has 0 radical (unpaired) electrons. The molecule has 3 aliphatic rings. The van der Waals surface area contributed by atoms with Crippen LogP contribution in [-0.4, -0.2) is 143 Å². The Morgan fingerprint density at radius 1 is 0.797 bits per heavy atom. The van der Waals surface area contributed by atoms with Gasteiger partial charge in [-0.1, -0.05) is 22.6 Å². The van der Waals surface area contributed by atoms with Crippen molar-refractivity contribution in [3.63, 3.8) is 0 Å². The minimum Gasteiger partial charge on any atom is -0.480 e. The van der Waals surface area contributed by atoms with Crippen molar-refractivity contribution in [3.05, 3.63) is 40.4 Å². The Labute approximate surface area is 452 Å². The van der Waals surface area contributed by atoms with E-state index in [2.05, 4.69) is 5.32 Å². The van der Waals surface area contributed by atoms with Crippen LogP contribution in [0.2, 0.25) is 0 Å². The van der Waals surface area contributed by atoms with Crippen LogP contribution >= 0.6 is 136 Å². The molecule has 2 N–H and O–H groups in total. The molecular formula is C39H47I6N5O14. The lowest BCUT2D eigenvalue weighted by Crippen LogP contribution is -2.55. The molecular weight excluding hydrogens is 1520 g/mol. The highest BCUT2D eigenvalue weighted by molar-refractivity contribution is 14.1. The minimum atomic E-state index is -2.02. The van der Waals surface area contributed by atoms with Gasteiger partial charge in [-0.25, -0.2) is 4.79 Å². The van der Waals surface area contributed by atoms with Crippen molar-refractivity contribution in [1.29, 1.82) is 0 Å². The van der Waals surface area contributed by atoms with Crippen molar-refractivity contribution >= 4 is 183 Å². The molecule has 0 aromatic heterocycles. The molecule has 1 aromatic carbocycles. The highest BCUT2D eigenvalue weighted by atomic mass is 127. The lowest BCUT2D eigenvalue weighted by molar-refractivity contribution is -0.153. The van der Waals surface area contributed by atoms with Crippen molar-refractivity contribution in [3.8, 4) is 0 Å². The van der Waals surface area contributed by atoms with Crippen LogP contribution in [0.25, 0.3) is 0 Å². The maximum Gasteiger partial charge on any atom is 0.508 e. The van der Waals surface area contributed by atoms with E-state index in [1.54, 1.807) is 41.8 Å². The average Bonchev–Trinajstić information content (AvgIpc) is 3.74. The summed E-state index contributed by atoms with van der Waals surface area (Å²) in [6, 6.07) is 0. The van der Waals surface area contributed by atoms with Crippen molar-refractivity contribution in [2.45, 2.75) is 89.4 Å². The van der Waals surface area contributed by atoms with Crippen molar-refractivity contribution in [2.24, 2.45) is 5.41 Å². The molecule has 19 nitrogen and oxygen atoms in total. The van der Waals surface area contributed by atoms with Gasteiger partial charge in [-0.15, -0.1) is 0 Å². The molecule has 2 saturated heterocycles. The number of benzene rings is 1. The highest BCUT2D eigenvalue weighted by Crippen LogP contribution is 2.55. The largest absolute Gasteiger partial charge is 0.508 e. The monoisotopic (exact) mass is 1570 g/mol. The van der Waals surface area contributed by atoms with E-state index < -0.39 is 87.7 Å². The number of rotatable bonds is 13. The highest BCUT2D eigenvalue weighted by Gasteiger charge is 2.60. The summed E-state index contributed by atoms with van der Waals surface area (Å²) in [6.07, 6.45) is -4.28. The van der Waals surface area contributed by atoms with Gasteiger partial charge in [0.1, 0.15) is 12.7 Å². The number of anilines is 1. The summed E-state index contributed by atoms with van der Waals surface area (Å²) in [5, 5.41) is 13.6. The number of aliphatic carboxylic acids is 1. The van der Waals surface area contributed by atoms with Crippen LogP contribution in [-0.2, 0) is 47.6 Å². The van der Waals surface area contributed by atoms with Gasteiger partial charge in [0.2, 0.25) is 17.7 Å². The van der Waals surface area contributed by atoms with Gasteiger partial charge in [-0.3, -0.25) is 28.8 Å². The van der Waals surface area contributed by atoms with Crippen molar-refractivity contribution < 1.29 is 67.1 Å². The third kappa shape index (κ3) is 11.4. The first-order valence-electron chi connectivity index (χ1n) is 19.1. The quantitative estimate of drug-likeness (QED) is 0.122. The summed E-state index contributed by atoms with van der Waals surface area (Å²) in [6.45, 7) is 11.5. The van der Waals surface area contributed by atoms with Gasteiger partial charge in [0.15, 0.2) is 29.4 Å². The van der Waals surface area contributed by atoms with Gasteiger partial charge in [-0.05, 0) is 148 Å². The predicted molar refractivity (Wildman–Crippen MR) is 281 cm³/mol. The van der Waals surface area contributed by atoms with Crippen LogP contribution in [0.3, 0.4) is 0 Å². The van der Waals surface area contributed by atoms with Crippen LogP contribution < -0.4 is 10.2 Å². The third-order valence-electron chi connectivity index (χ3n) is 10.5. The first-order chi connectivity index (χ1) is 29.4. The maximum absolute atomic E-state index is 14.5. The number of nitrogens with one attached hydrogen (secondary N) is 1. The predicted octanol–water partition coefficient (Wildman–Crippen LogP) is 6.55. The summed E-state index contributed by atoms with van der Waals surface area (Å²) < 4.78 is 35.1. The number of allylic oxidation sites excluding steroid dienone is 2. The summed E-state index contributed by atoms with van der Waals surface area (Å²) in [4.78, 5) is 99.7. The molecule has 25 heteroatoms. The number of carboxylic acids is 1. The Hall–Kier alpha value is -0.990. The second-order valence-corrected chi connectivity index (χ2v) is 22.3. The Morgan fingerprint density at radius 2 is 1.27 bits per heavy atom. The number of ether oxygens (including phenoxy) is 6. The standard InChI is InChI=1S/C39H47I6N5O14/c1-16(39(35(56)57)31(44)28(46-17(2)51)27(43)30(32(39)45)47(9)18(3)52)62-36(58)59-13-12-50(19(4)53)29-25(41)22(33(54)48(10)20-14-60-37(5,6)63-20)24(40)23(26(29)42)34(55)49(11)21-15-61-38(7,8)64-21/h16,20-21,32H,12-15H2,1-11H3,(H,46,51)(H,56,57). The van der Waals surface area contributed by atoms with Crippen LogP contribution in [0.5, 0.6) is 0 Å². The first kappa shape index (κ1) is 55.6. The molecule has 1 aliphatic carbocycles. The maximum atomic E-state index is 14.5. The number of carboxylic acid groups (broad SMARTS) is 1. The number of nitrogens with zero attached hydrogens (tertiary/aromatic N) is 4. The van der Waals surface area contributed by atoms with Crippen LogP contribution in [0, 0.1) is 16.1 Å². The van der Waals surface area contributed by atoms with Gasteiger partial charge in [0, 0.05) is 49.1 Å². The smallest absolute Gasteiger partial charge is 0.480 e. The normalized spacial score (nSPS) is 23.0. The fourth-order valence-corrected chi connectivity index (χ4v) is 17.6. The molecule has 4 rings (SSSR count). The minimum absolute atomic E-state index is 0.0825. The molecule has 5 unspecified atom stereocenters. The number of hydrogen-bond acceptors (Lipinski definition) is 13. The summed E-state index contributed by atoms with van der Waals surface area (Å²) in [5.74, 6) is -5.79. The van der Waals surface area contributed by atoms with Gasteiger partial charge < -0.3 is 58.4 Å². The van der Waals surface area contributed by atoms with E-state index in [-0.39, 0.29) is 51.5 Å². The van der Waals surface area contributed by atoms with Gasteiger partial charge in [0.05, 0.1) is 62.6 Å². The number of likely N-dealkylation sites (N-methyl/N-ethyl adjacent to an activating group) is 2. The molecule has 2 fully saturated rings. The second kappa shape index (κ2) is 21.8. The zero-order valence-corrected chi connectivity index (χ0v) is 49.4. The lowest BCUT2D eigenvalue weighted by atomic mass is 9.74. The van der Waals surface area contributed by atoms with Crippen molar-refractivity contribution in [2.75, 3.05) is 52.4 Å². The molecule has 354 valence electrons. The number of alkyl halides is 1. The van der Waals surface area contributed by atoms with Crippen LogP contribution in [0.1, 0.15) is 76.1 Å². The van der Waals surface area contributed by atoms with Crippen LogP contribution in [0.15, 0.2) is 18.6 Å². The van der Waals surface area contributed by atoms with E-state index in [1.807, 2.05) is 136 Å². The molecule has 5 amide bonds. The van der Waals surface area contributed by atoms with Crippen molar-refractivity contribution in [1.82, 2.24) is 20.0 Å². The lowest BCUT2D eigenvalue weighted by Gasteiger charge is -2.44. The Morgan fingerprint density at radius 3 is 1.64 bits per heavy atom. The zero-order chi connectivity index (χ0) is 48.7. The Bertz CT molecular complexity index is 2130. The van der Waals surface area contributed by atoms with E-state index >= 15 is 0 Å². The van der Waals surface area contributed by atoms with E-state index in [0.717, 1.165) is 0 Å². The molecule has 64 heavy (non-hydrogen) atoms. The van der Waals surface area contributed by atoms with E-state index in [1.165, 1.54) is 54.3 Å². The zero-order valence-electron chi connectivity index (χ0n) is 36.4. The first-order valence-corrected chi connectivity index (χ1v) is 25.8. The van der Waals surface area contributed by atoms with E-state index in [9.17, 15) is 38.7 Å². The number of amides is 5. The van der Waals surface area contributed by atoms with E-state index in [0.29, 0.717) is 14.3 Å². The summed E-state index contributed by atoms with van der Waals surface area (Å²) >= 11 is 11.5. The average molecular weight is 1570 g/mol. The van der Waals surface area contributed by atoms with E-state index in [4.69, 9.17) is 28.4 Å². The summed E-state index contributed by atoms with van der Waals surface area (Å²) in [5.41, 5.74) is -1.20. The van der Waals surface area contributed by atoms with Gasteiger partial charge >= 0.3 is 12.1 Å². The fraction of sp³-hybridized carbons (Fsp3) is 0.564. The second-order valence-electron chi connectivity index (χ2n) is 15.7. The summed E-state index contributed by atoms with van der Waals surface area (Å²) in [7, 11) is 4.56.